The van der Waals surface area contributed by atoms with Gasteiger partial charge in [-0.15, -0.1) is 0 Å². The summed E-state index contributed by atoms with van der Waals surface area (Å²) in [4.78, 5) is 21.0. The van der Waals surface area contributed by atoms with Gasteiger partial charge in [-0.25, -0.2) is 4.79 Å². The Balaban J connectivity index is 2.54. The number of hydrogen-bond acceptors (Lipinski definition) is 4. The van der Waals surface area contributed by atoms with Crippen LogP contribution in [0.1, 0.15) is 12.5 Å². The van der Waals surface area contributed by atoms with Gasteiger partial charge < -0.3 is 20.3 Å². The third kappa shape index (κ3) is 4.84. The minimum atomic E-state index is -1.04. The first-order valence-corrected chi connectivity index (χ1v) is 5.38. The second-order valence-electron chi connectivity index (χ2n) is 3.77. The monoisotopic (exact) mass is 253 g/mol. The molecule has 3 N–H and O–H groups in total. The highest BCUT2D eigenvalue weighted by Crippen LogP contribution is 2.13. The zero-order valence-corrected chi connectivity index (χ0v) is 9.92. The number of aliphatic carboxylic acids is 2. The molecule has 0 aliphatic heterocycles. The molecule has 1 atom stereocenters. The zero-order valence-electron chi connectivity index (χ0n) is 9.92. The molecule has 0 amide bonds. The van der Waals surface area contributed by atoms with E-state index in [1.165, 1.54) is 0 Å². The standard InChI is InChI=1S/C12H15NO5/c1-8(12(16)17)13-6-9-3-2-4-10(5-9)18-7-11(14)15/h2-5,8,13H,6-7H2,1H3,(H,14,15)(H,16,17). The zero-order chi connectivity index (χ0) is 13.5. The van der Waals surface area contributed by atoms with Crippen LogP contribution in [-0.2, 0) is 16.1 Å². The van der Waals surface area contributed by atoms with Crippen molar-refractivity contribution >= 4 is 11.9 Å². The van der Waals surface area contributed by atoms with Crippen LogP contribution < -0.4 is 10.1 Å². The van der Waals surface area contributed by atoms with E-state index < -0.39 is 24.6 Å². The molecule has 1 aromatic rings. The molecule has 0 aliphatic rings. The number of carboxylic acids is 2. The Kier molecular flexibility index (Phi) is 5.13. The fourth-order valence-electron chi connectivity index (χ4n) is 1.25. The Hall–Kier alpha value is -2.08. The molecular weight excluding hydrogens is 238 g/mol. The van der Waals surface area contributed by atoms with Crippen molar-refractivity contribution in [3.8, 4) is 5.75 Å². The van der Waals surface area contributed by atoms with E-state index in [1.807, 2.05) is 0 Å². The number of ether oxygens (including phenoxy) is 1. The van der Waals surface area contributed by atoms with Crippen LogP contribution in [0.15, 0.2) is 24.3 Å². The van der Waals surface area contributed by atoms with Gasteiger partial charge in [0.05, 0.1) is 0 Å². The summed E-state index contributed by atoms with van der Waals surface area (Å²) in [6.07, 6.45) is 0. The fraction of sp³-hybridized carbons (Fsp3) is 0.333. The predicted octanol–water partition coefficient (Wildman–Crippen LogP) is 0.713. The van der Waals surface area contributed by atoms with Crippen molar-refractivity contribution in [2.24, 2.45) is 0 Å². The molecule has 0 saturated heterocycles. The average Bonchev–Trinajstić information content (AvgIpc) is 2.33. The van der Waals surface area contributed by atoms with E-state index in [0.29, 0.717) is 12.3 Å². The molecule has 0 fully saturated rings. The molecule has 6 nitrogen and oxygen atoms in total. The van der Waals surface area contributed by atoms with E-state index in [-0.39, 0.29) is 0 Å². The van der Waals surface area contributed by atoms with Crippen LogP contribution in [0.5, 0.6) is 5.75 Å². The normalized spacial score (nSPS) is 11.8. The van der Waals surface area contributed by atoms with Crippen LogP contribution in [0.2, 0.25) is 0 Å². The highest BCUT2D eigenvalue weighted by atomic mass is 16.5. The Labute approximate surface area is 104 Å². The van der Waals surface area contributed by atoms with E-state index in [2.05, 4.69) is 5.32 Å². The topological polar surface area (TPSA) is 95.9 Å². The largest absolute Gasteiger partial charge is 0.482 e. The molecule has 1 rings (SSSR count). The Morgan fingerprint density at radius 2 is 2.11 bits per heavy atom. The van der Waals surface area contributed by atoms with E-state index in [0.717, 1.165) is 5.56 Å². The summed E-state index contributed by atoms with van der Waals surface area (Å²) >= 11 is 0. The third-order valence-electron chi connectivity index (χ3n) is 2.24. The molecule has 1 unspecified atom stereocenters. The van der Waals surface area contributed by atoms with Crippen LogP contribution in [0.4, 0.5) is 0 Å². The molecule has 0 aromatic heterocycles. The van der Waals surface area contributed by atoms with Crippen molar-refractivity contribution in [2.45, 2.75) is 19.5 Å². The maximum absolute atomic E-state index is 10.6. The first-order valence-electron chi connectivity index (χ1n) is 5.38. The van der Waals surface area contributed by atoms with Crippen molar-refractivity contribution < 1.29 is 24.5 Å². The second-order valence-corrected chi connectivity index (χ2v) is 3.77. The lowest BCUT2D eigenvalue weighted by molar-refractivity contribution is -0.140. The maximum atomic E-state index is 10.6. The summed E-state index contributed by atoms with van der Waals surface area (Å²) in [5.41, 5.74) is 0.825. The summed E-state index contributed by atoms with van der Waals surface area (Å²) in [6.45, 7) is 1.52. The van der Waals surface area contributed by atoms with E-state index in [9.17, 15) is 9.59 Å². The van der Waals surface area contributed by atoms with Gasteiger partial charge in [0, 0.05) is 6.54 Å². The highest BCUT2D eigenvalue weighted by molar-refractivity contribution is 5.72. The average molecular weight is 253 g/mol. The maximum Gasteiger partial charge on any atom is 0.341 e. The van der Waals surface area contributed by atoms with Crippen LogP contribution >= 0.6 is 0 Å². The van der Waals surface area contributed by atoms with Gasteiger partial charge in [-0.2, -0.15) is 0 Å². The molecule has 0 radical (unpaired) electrons. The van der Waals surface area contributed by atoms with Crippen LogP contribution in [0.25, 0.3) is 0 Å². The first-order chi connectivity index (χ1) is 8.49. The lowest BCUT2D eigenvalue weighted by Crippen LogP contribution is -2.33. The van der Waals surface area contributed by atoms with Gasteiger partial charge in [0.25, 0.3) is 0 Å². The smallest absolute Gasteiger partial charge is 0.341 e. The number of hydrogen-bond donors (Lipinski definition) is 3. The van der Waals surface area contributed by atoms with E-state index >= 15 is 0 Å². The summed E-state index contributed by atoms with van der Waals surface area (Å²) < 4.78 is 5.02. The Morgan fingerprint density at radius 3 is 2.72 bits per heavy atom. The molecule has 0 aliphatic carbocycles. The van der Waals surface area contributed by atoms with Crippen LogP contribution in [0, 0.1) is 0 Å². The van der Waals surface area contributed by atoms with Crippen molar-refractivity contribution in [3.63, 3.8) is 0 Å². The third-order valence-corrected chi connectivity index (χ3v) is 2.24. The number of carboxylic acid groups (broad SMARTS) is 2. The van der Waals surface area contributed by atoms with Crippen molar-refractivity contribution in [2.75, 3.05) is 6.61 Å². The molecule has 0 spiro atoms. The van der Waals surface area contributed by atoms with Crippen LogP contribution in [-0.4, -0.2) is 34.8 Å². The van der Waals surface area contributed by atoms with Gasteiger partial charge in [0.1, 0.15) is 11.8 Å². The van der Waals surface area contributed by atoms with Crippen molar-refractivity contribution in [1.29, 1.82) is 0 Å². The second kappa shape index (κ2) is 6.61. The molecule has 1 aromatic carbocycles. The van der Waals surface area contributed by atoms with Crippen LogP contribution in [0.3, 0.4) is 0 Å². The van der Waals surface area contributed by atoms with Gasteiger partial charge in [-0.1, -0.05) is 12.1 Å². The van der Waals surface area contributed by atoms with Gasteiger partial charge in [-0.3, -0.25) is 4.79 Å². The quantitative estimate of drug-likeness (QED) is 0.662. The van der Waals surface area contributed by atoms with E-state index in [4.69, 9.17) is 14.9 Å². The highest BCUT2D eigenvalue weighted by Gasteiger charge is 2.09. The van der Waals surface area contributed by atoms with Gasteiger partial charge in [0.15, 0.2) is 6.61 Å². The molecule has 98 valence electrons. The predicted molar refractivity (Wildman–Crippen MR) is 63.5 cm³/mol. The van der Waals surface area contributed by atoms with Gasteiger partial charge in [-0.05, 0) is 24.6 Å². The van der Waals surface area contributed by atoms with E-state index in [1.54, 1.807) is 31.2 Å². The fourth-order valence-corrected chi connectivity index (χ4v) is 1.25. The number of nitrogens with one attached hydrogen (secondary N) is 1. The summed E-state index contributed by atoms with van der Waals surface area (Å²) in [6, 6.07) is 6.19. The minimum absolute atomic E-state index is 0.373. The van der Waals surface area contributed by atoms with Crippen molar-refractivity contribution in [1.82, 2.24) is 5.32 Å². The van der Waals surface area contributed by atoms with Gasteiger partial charge >= 0.3 is 11.9 Å². The van der Waals surface area contributed by atoms with Gasteiger partial charge in [0.2, 0.25) is 0 Å². The summed E-state index contributed by atoms with van der Waals surface area (Å²) in [5.74, 6) is -1.52. The molecule has 18 heavy (non-hydrogen) atoms. The molecule has 0 heterocycles. The first kappa shape index (κ1) is 14.0. The minimum Gasteiger partial charge on any atom is -0.482 e. The molecule has 0 saturated carbocycles. The molecule has 0 bridgehead atoms. The Bertz CT molecular complexity index is 432. The SMILES string of the molecule is CC(NCc1cccc(OCC(=O)O)c1)C(=O)O. The van der Waals surface area contributed by atoms with Crippen molar-refractivity contribution in [3.05, 3.63) is 29.8 Å². The number of rotatable bonds is 7. The number of carbonyl (C=O) groups is 2. The molecular formula is C12H15NO5. The summed E-state index contributed by atoms with van der Waals surface area (Å²) in [7, 11) is 0. The lowest BCUT2D eigenvalue weighted by atomic mass is 10.2. The molecule has 6 heteroatoms. The lowest BCUT2D eigenvalue weighted by Gasteiger charge is -2.10. The number of benzene rings is 1. The summed E-state index contributed by atoms with van der Waals surface area (Å²) in [5, 5.41) is 20.0. The Morgan fingerprint density at radius 1 is 1.39 bits per heavy atom.